The number of nitrogens with zero attached hydrogens (tertiary/aromatic N) is 3. The highest BCUT2D eigenvalue weighted by Crippen LogP contribution is 2.51. The van der Waals surface area contributed by atoms with E-state index in [0.29, 0.717) is 0 Å². The molecule has 1 aromatic rings. The quantitative estimate of drug-likeness (QED) is 0.738. The van der Waals surface area contributed by atoms with E-state index in [1.54, 1.807) is 0 Å². The molecular formula is C12H11N3O3. The van der Waals surface area contributed by atoms with Crippen LogP contribution in [-0.4, -0.2) is 18.1 Å². The smallest absolute Gasteiger partial charge is 0.324 e. The number of methoxy groups -OCH3 is 1. The van der Waals surface area contributed by atoms with Gasteiger partial charge in [-0.25, -0.2) is 4.98 Å². The fraction of sp³-hybridized carbons (Fsp3) is 0.500. The molecule has 0 aliphatic heterocycles. The molecule has 1 fully saturated rings. The van der Waals surface area contributed by atoms with Crippen molar-refractivity contribution in [2.24, 2.45) is 11.8 Å². The molecule has 0 amide bonds. The number of ether oxygens (including phenoxy) is 1. The van der Waals surface area contributed by atoms with Gasteiger partial charge in [0.15, 0.2) is 11.3 Å². The maximum absolute atomic E-state index is 12.1. The number of rotatable bonds is 4. The van der Waals surface area contributed by atoms with Gasteiger partial charge in [0.2, 0.25) is 5.89 Å². The molecule has 18 heavy (non-hydrogen) atoms. The summed E-state index contributed by atoms with van der Waals surface area (Å²) in [5.41, 5.74) is -1.40. The zero-order chi connectivity index (χ0) is 13.2. The second-order valence-electron chi connectivity index (χ2n) is 4.16. The lowest BCUT2D eigenvalue weighted by molar-refractivity contribution is -0.150. The summed E-state index contributed by atoms with van der Waals surface area (Å²) in [6, 6.07) is 3.71. The van der Waals surface area contributed by atoms with Crippen LogP contribution in [0.1, 0.15) is 18.7 Å². The first-order chi connectivity index (χ1) is 8.71. The van der Waals surface area contributed by atoms with Crippen LogP contribution >= 0.6 is 0 Å². The summed E-state index contributed by atoms with van der Waals surface area (Å²) in [6.45, 7) is 0. The summed E-state index contributed by atoms with van der Waals surface area (Å²) in [7, 11) is 1.23. The molecule has 1 saturated carbocycles. The summed E-state index contributed by atoms with van der Waals surface area (Å²) in [5.74, 6) is -1.85. The van der Waals surface area contributed by atoms with Gasteiger partial charge < -0.3 is 9.15 Å². The van der Waals surface area contributed by atoms with E-state index in [-0.39, 0.29) is 11.8 Å². The number of hydrogen-bond donors (Lipinski definition) is 0. The zero-order valence-corrected chi connectivity index (χ0v) is 9.79. The number of aromatic nitrogens is 1. The van der Waals surface area contributed by atoms with Crippen molar-refractivity contribution in [2.75, 3.05) is 7.11 Å². The maximum Gasteiger partial charge on any atom is 0.324 e. The van der Waals surface area contributed by atoms with Gasteiger partial charge in [-0.1, -0.05) is 0 Å². The molecular weight excluding hydrogens is 234 g/mol. The predicted molar refractivity (Wildman–Crippen MR) is 57.6 cm³/mol. The first-order valence-electron chi connectivity index (χ1n) is 5.49. The zero-order valence-electron chi connectivity index (χ0n) is 9.79. The Morgan fingerprint density at radius 1 is 1.61 bits per heavy atom. The van der Waals surface area contributed by atoms with Crippen LogP contribution in [0.4, 0.5) is 0 Å². The van der Waals surface area contributed by atoms with E-state index in [2.05, 4.69) is 4.98 Å². The molecule has 0 N–H and O–H groups in total. The number of carbonyl (C=O) groups excluding carboxylic acids is 1. The molecule has 1 atom stereocenters. The van der Waals surface area contributed by atoms with Crippen molar-refractivity contribution < 1.29 is 13.9 Å². The minimum atomic E-state index is -1.40. The van der Waals surface area contributed by atoms with E-state index in [4.69, 9.17) is 19.7 Å². The van der Waals surface area contributed by atoms with E-state index in [0.717, 1.165) is 12.8 Å². The monoisotopic (exact) mass is 245 g/mol. The fourth-order valence-corrected chi connectivity index (χ4v) is 2.27. The van der Waals surface area contributed by atoms with E-state index in [1.165, 1.54) is 19.6 Å². The molecule has 0 radical (unpaired) electrons. The van der Waals surface area contributed by atoms with Crippen molar-refractivity contribution in [2.45, 2.75) is 18.3 Å². The third kappa shape index (κ3) is 1.54. The molecule has 0 saturated heterocycles. The highest BCUT2D eigenvalue weighted by Gasteiger charge is 2.62. The number of nitriles is 2. The molecule has 1 aliphatic rings. The highest BCUT2D eigenvalue weighted by molar-refractivity contribution is 5.84. The molecule has 1 aromatic heterocycles. The van der Waals surface area contributed by atoms with Crippen LogP contribution in [0.3, 0.4) is 0 Å². The standard InChI is InChI=1S/C12H11N3O3/c1-17-11(16)12(8-2-3-8,9(6-13)7-14)10-15-4-5-18-10/h4-5,8-9H,2-3H2,1H3/t12-/m0/s1. The Labute approximate surface area is 104 Å². The topological polar surface area (TPSA) is 99.9 Å². The number of esters is 1. The van der Waals surface area contributed by atoms with Gasteiger partial charge in [0, 0.05) is 0 Å². The first kappa shape index (κ1) is 12.1. The Morgan fingerprint density at radius 3 is 2.67 bits per heavy atom. The average Bonchev–Trinajstić information content (AvgIpc) is 3.10. The average molecular weight is 245 g/mol. The van der Waals surface area contributed by atoms with Crippen LogP contribution in [-0.2, 0) is 14.9 Å². The first-order valence-corrected chi connectivity index (χ1v) is 5.49. The van der Waals surface area contributed by atoms with Crippen LogP contribution in [0, 0.1) is 34.5 Å². The summed E-state index contributed by atoms with van der Waals surface area (Å²) in [5, 5.41) is 18.3. The summed E-state index contributed by atoms with van der Waals surface area (Å²) < 4.78 is 9.98. The Bertz CT molecular complexity index is 508. The Kier molecular flexibility index (Phi) is 3.03. The van der Waals surface area contributed by atoms with Crippen molar-refractivity contribution in [1.82, 2.24) is 4.98 Å². The largest absolute Gasteiger partial charge is 0.468 e. The van der Waals surface area contributed by atoms with Gasteiger partial charge >= 0.3 is 5.97 Å². The number of hydrogen-bond acceptors (Lipinski definition) is 6. The lowest BCUT2D eigenvalue weighted by Crippen LogP contribution is -2.45. The normalized spacial score (nSPS) is 17.6. The SMILES string of the molecule is COC(=O)[C@](c1ncco1)(C(C#N)C#N)C1CC1. The Morgan fingerprint density at radius 2 is 2.28 bits per heavy atom. The van der Waals surface area contributed by atoms with Crippen molar-refractivity contribution >= 4 is 5.97 Å². The van der Waals surface area contributed by atoms with Gasteiger partial charge in [-0.15, -0.1) is 0 Å². The Balaban J connectivity index is 2.60. The van der Waals surface area contributed by atoms with Gasteiger partial charge in [0.1, 0.15) is 6.26 Å². The van der Waals surface area contributed by atoms with Gasteiger partial charge in [-0.05, 0) is 18.8 Å². The van der Waals surface area contributed by atoms with Crippen molar-refractivity contribution in [1.29, 1.82) is 10.5 Å². The molecule has 0 bridgehead atoms. The van der Waals surface area contributed by atoms with Crippen LogP contribution in [0.5, 0.6) is 0 Å². The molecule has 1 aliphatic carbocycles. The van der Waals surface area contributed by atoms with E-state index >= 15 is 0 Å². The summed E-state index contributed by atoms with van der Waals surface area (Å²) in [6.07, 6.45) is 4.21. The highest BCUT2D eigenvalue weighted by atomic mass is 16.5. The second kappa shape index (κ2) is 4.50. The molecule has 0 spiro atoms. The molecule has 6 nitrogen and oxygen atoms in total. The van der Waals surface area contributed by atoms with Crippen molar-refractivity contribution in [3.05, 3.63) is 18.4 Å². The van der Waals surface area contributed by atoms with Crippen LogP contribution in [0.15, 0.2) is 16.9 Å². The van der Waals surface area contributed by atoms with Crippen molar-refractivity contribution in [3.63, 3.8) is 0 Å². The van der Waals surface area contributed by atoms with E-state index in [9.17, 15) is 4.79 Å². The summed E-state index contributed by atoms with van der Waals surface area (Å²) >= 11 is 0. The third-order valence-electron chi connectivity index (χ3n) is 3.24. The molecule has 6 heteroatoms. The van der Waals surface area contributed by atoms with Crippen LogP contribution < -0.4 is 0 Å². The lowest BCUT2D eigenvalue weighted by atomic mass is 9.72. The van der Waals surface area contributed by atoms with Gasteiger partial charge in [-0.2, -0.15) is 10.5 Å². The van der Waals surface area contributed by atoms with Gasteiger partial charge in [0.05, 0.1) is 25.4 Å². The molecule has 1 heterocycles. The maximum atomic E-state index is 12.1. The van der Waals surface area contributed by atoms with E-state index < -0.39 is 17.3 Å². The van der Waals surface area contributed by atoms with E-state index in [1.807, 2.05) is 12.1 Å². The fourth-order valence-electron chi connectivity index (χ4n) is 2.27. The number of oxazole rings is 1. The molecule has 0 aromatic carbocycles. The van der Waals surface area contributed by atoms with Crippen LogP contribution in [0.25, 0.3) is 0 Å². The van der Waals surface area contributed by atoms with Crippen LogP contribution in [0.2, 0.25) is 0 Å². The Hall–Kier alpha value is -2.34. The second-order valence-corrected chi connectivity index (χ2v) is 4.16. The minimum Gasteiger partial charge on any atom is -0.468 e. The molecule has 0 unspecified atom stereocenters. The third-order valence-corrected chi connectivity index (χ3v) is 3.24. The summed E-state index contributed by atoms with van der Waals surface area (Å²) in [4.78, 5) is 16.1. The predicted octanol–water partition coefficient (Wildman–Crippen LogP) is 1.16. The minimum absolute atomic E-state index is 0.0879. The van der Waals surface area contributed by atoms with Crippen molar-refractivity contribution in [3.8, 4) is 12.1 Å². The van der Waals surface area contributed by atoms with Gasteiger partial charge in [-0.3, -0.25) is 4.79 Å². The molecule has 92 valence electrons. The number of carbonyl (C=O) groups is 1. The lowest BCUT2D eigenvalue weighted by Gasteiger charge is -2.28. The van der Waals surface area contributed by atoms with Gasteiger partial charge in [0.25, 0.3) is 0 Å². The molecule has 2 rings (SSSR count).